The molecule has 18 heavy (non-hydrogen) atoms. The van der Waals surface area contributed by atoms with E-state index in [1.54, 1.807) is 6.20 Å². The van der Waals surface area contributed by atoms with Crippen molar-refractivity contribution in [2.45, 2.75) is 26.7 Å². The molecule has 0 amide bonds. The summed E-state index contributed by atoms with van der Waals surface area (Å²) in [4.78, 5) is 7.97. The lowest BCUT2D eigenvalue weighted by atomic mass is 9.98. The van der Waals surface area contributed by atoms with Crippen molar-refractivity contribution in [3.8, 4) is 11.6 Å². The normalized spacial score (nSPS) is 10.7. The average molecular weight is 263 g/mol. The highest BCUT2D eigenvalue weighted by Crippen LogP contribution is 2.28. The predicted octanol–water partition coefficient (Wildman–Crippen LogP) is 4.35. The molecule has 1 aromatic heterocycles. The second-order valence-electron chi connectivity index (χ2n) is 4.43. The molecule has 0 bridgehead atoms. The lowest BCUT2D eigenvalue weighted by molar-refractivity contribution is 0.460. The maximum atomic E-state index is 5.90. The van der Waals surface area contributed by atoms with Crippen LogP contribution in [-0.2, 0) is 0 Å². The number of halogens is 1. The van der Waals surface area contributed by atoms with Gasteiger partial charge in [-0.05, 0) is 36.1 Å². The SMILES string of the molecule is Cc1cc(Oc2nccnc2Cl)ccc1C(C)C. The van der Waals surface area contributed by atoms with E-state index in [2.05, 4.69) is 36.8 Å². The summed E-state index contributed by atoms with van der Waals surface area (Å²) in [6, 6.07) is 5.98. The third kappa shape index (κ3) is 2.79. The van der Waals surface area contributed by atoms with E-state index in [9.17, 15) is 0 Å². The zero-order chi connectivity index (χ0) is 13.1. The van der Waals surface area contributed by atoms with Crippen LogP contribution in [0.1, 0.15) is 30.9 Å². The fourth-order valence-corrected chi connectivity index (χ4v) is 1.99. The van der Waals surface area contributed by atoms with E-state index in [1.165, 1.54) is 17.3 Å². The van der Waals surface area contributed by atoms with Crippen molar-refractivity contribution in [1.82, 2.24) is 9.97 Å². The summed E-state index contributed by atoms with van der Waals surface area (Å²) in [5.74, 6) is 1.55. The smallest absolute Gasteiger partial charge is 0.257 e. The van der Waals surface area contributed by atoms with Crippen LogP contribution in [0.15, 0.2) is 30.6 Å². The van der Waals surface area contributed by atoms with Gasteiger partial charge in [-0.3, -0.25) is 0 Å². The van der Waals surface area contributed by atoms with Gasteiger partial charge in [-0.25, -0.2) is 9.97 Å². The predicted molar refractivity (Wildman–Crippen MR) is 72.4 cm³/mol. The summed E-state index contributed by atoms with van der Waals surface area (Å²) in [6.07, 6.45) is 3.08. The Morgan fingerprint density at radius 2 is 1.89 bits per heavy atom. The number of hydrogen-bond donors (Lipinski definition) is 0. The molecule has 1 heterocycles. The maximum absolute atomic E-state index is 5.90. The maximum Gasteiger partial charge on any atom is 0.257 e. The molecule has 0 atom stereocenters. The number of ether oxygens (including phenoxy) is 1. The van der Waals surface area contributed by atoms with Crippen molar-refractivity contribution in [2.75, 3.05) is 0 Å². The summed E-state index contributed by atoms with van der Waals surface area (Å²) in [5.41, 5.74) is 2.51. The number of hydrogen-bond acceptors (Lipinski definition) is 3. The fraction of sp³-hybridized carbons (Fsp3) is 0.286. The number of rotatable bonds is 3. The van der Waals surface area contributed by atoms with Gasteiger partial charge in [0.15, 0.2) is 5.15 Å². The molecule has 2 rings (SSSR count). The Hall–Kier alpha value is -1.61. The Kier molecular flexibility index (Phi) is 3.82. The van der Waals surface area contributed by atoms with Crippen LogP contribution in [0.4, 0.5) is 0 Å². The van der Waals surface area contributed by atoms with E-state index < -0.39 is 0 Å². The number of nitrogens with zero attached hydrogens (tertiary/aromatic N) is 2. The van der Waals surface area contributed by atoms with Crippen LogP contribution in [0, 0.1) is 6.92 Å². The molecule has 0 fully saturated rings. The first-order chi connectivity index (χ1) is 8.58. The van der Waals surface area contributed by atoms with Crippen LogP contribution in [-0.4, -0.2) is 9.97 Å². The Morgan fingerprint density at radius 3 is 2.50 bits per heavy atom. The van der Waals surface area contributed by atoms with Gasteiger partial charge in [-0.1, -0.05) is 31.5 Å². The summed E-state index contributed by atoms with van der Waals surface area (Å²) in [6.45, 7) is 6.41. The molecule has 2 aromatic rings. The molecule has 0 saturated carbocycles. The van der Waals surface area contributed by atoms with Crippen molar-refractivity contribution in [2.24, 2.45) is 0 Å². The largest absolute Gasteiger partial charge is 0.436 e. The monoisotopic (exact) mass is 262 g/mol. The Morgan fingerprint density at radius 1 is 1.17 bits per heavy atom. The molecule has 0 saturated heterocycles. The van der Waals surface area contributed by atoms with Crippen molar-refractivity contribution in [3.63, 3.8) is 0 Å². The molecular formula is C14H15ClN2O. The van der Waals surface area contributed by atoms with Crippen LogP contribution in [0.5, 0.6) is 11.6 Å². The fourth-order valence-electron chi connectivity index (χ4n) is 1.85. The number of aromatic nitrogens is 2. The quantitative estimate of drug-likeness (QED) is 0.825. The minimum absolute atomic E-state index is 0.267. The lowest BCUT2D eigenvalue weighted by Crippen LogP contribution is -1.94. The first kappa shape index (κ1) is 12.8. The first-order valence-electron chi connectivity index (χ1n) is 5.83. The standard InChI is InChI=1S/C14H15ClN2O/c1-9(2)12-5-4-11(8-10(12)3)18-14-13(15)16-6-7-17-14/h4-9H,1-3H3. The minimum atomic E-state index is 0.267. The topological polar surface area (TPSA) is 35.0 Å². The molecule has 0 unspecified atom stereocenters. The summed E-state index contributed by atoms with van der Waals surface area (Å²) in [5, 5.41) is 0.267. The zero-order valence-corrected chi connectivity index (χ0v) is 11.4. The second kappa shape index (κ2) is 5.36. The molecular weight excluding hydrogens is 248 g/mol. The van der Waals surface area contributed by atoms with E-state index >= 15 is 0 Å². The van der Waals surface area contributed by atoms with Gasteiger partial charge in [0, 0.05) is 12.4 Å². The van der Waals surface area contributed by atoms with E-state index in [1.807, 2.05) is 12.1 Å². The Balaban J connectivity index is 2.26. The van der Waals surface area contributed by atoms with Gasteiger partial charge in [-0.2, -0.15) is 0 Å². The molecule has 3 nitrogen and oxygen atoms in total. The first-order valence-corrected chi connectivity index (χ1v) is 6.20. The third-order valence-corrected chi connectivity index (χ3v) is 2.96. The van der Waals surface area contributed by atoms with Gasteiger partial charge in [-0.15, -0.1) is 0 Å². The molecule has 0 aliphatic rings. The lowest BCUT2D eigenvalue weighted by Gasteiger charge is -2.12. The summed E-state index contributed by atoms with van der Waals surface area (Å²) in [7, 11) is 0. The second-order valence-corrected chi connectivity index (χ2v) is 4.79. The van der Waals surface area contributed by atoms with Crippen molar-refractivity contribution >= 4 is 11.6 Å². The van der Waals surface area contributed by atoms with Gasteiger partial charge in [0.05, 0.1) is 0 Å². The van der Waals surface area contributed by atoms with Crippen LogP contribution in [0.3, 0.4) is 0 Å². The molecule has 0 aliphatic heterocycles. The van der Waals surface area contributed by atoms with Crippen LogP contribution >= 0.6 is 11.6 Å². The summed E-state index contributed by atoms with van der Waals surface area (Å²) >= 11 is 5.90. The highest BCUT2D eigenvalue weighted by Gasteiger charge is 2.08. The van der Waals surface area contributed by atoms with Crippen LogP contribution < -0.4 is 4.74 Å². The van der Waals surface area contributed by atoms with Gasteiger partial charge < -0.3 is 4.74 Å². The molecule has 0 spiro atoms. The molecule has 0 aliphatic carbocycles. The van der Waals surface area contributed by atoms with Crippen molar-refractivity contribution in [3.05, 3.63) is 46.9 Å². The van der Waals surface area contributed by atoms with Gasteiger partial charge in [0.1, 0.15) is 5.75 Å². The Labute approximate surface area is 112 Å². The van der Waals surface area contributed by atoms with E-state index in [-0.39, 0.29) is 5.15 Å². The molecule has 1 aromatic carbocycles. The molecule has 94 valence electrons. The van der Waals surface area contributed by atoms with Gasteiger partial charge in [0.2, 0.25) is 0 Å². The van der Waals surface area contributed by atoms with Crippen LogP contribution in [0.2, 0.25) is 5.15 Å². The Bertz CT molecular complexity index is 555. The average Bonchev–Trinajstić information content (AvgIpc) is 2.32. The highest BCUT2D eigenvalue weighted by molar-refractivity contribution is 6.30. The van der Waals surface area contributed by atoms with E-state index in [0.29, 0.717) is 11.8 Å². The van der Waals surface area contributed by atoms with E-state index in [0.717, 1.165) is 5.75 Å². The summed E-state index contributed by atoms with van der Waals surface area (Å²) < 4.78 is 5.62. The molecule has 4 heteroatoms. The van der Waals surface area contributed by atoms with E-state index in [4.69, 9.17) is 16.3 Å². The van der Waals surface area contributed by atoms with Gasteiger partial charge in [0.25, 0.3) is 5.88 Å². The van der Waals surface area contributed by atoms with Crippen molar-refractivity contribution in [1.29, 1.82) is 0 Å². The third-order valence-electron chi connectivity index (χ3n) is 2.70. The van der Waals surface area contributed by atoms with Crippen LogP contribution in [0.25, 0.3) is 0 Å². The number of aryl methyl sites for hydroxylation is 1. The zero-order valence-electron chi connectivity index (χ0n) is 10.6. The molecule has 0 N–H and O–H groups in total. The molecule has 0 radical (unpaired) electrons. The minimum Gasteiger partial charge on any atom is -0.436 e. The van der Waals surface area contributed by atoms with Gasteiger partial charge >= 0.3 is 0 Å². The number of benzene rings is 1. The van der Waals surface area contributed by atoms with Crippen molar-refractivity contribution < 1.29 is 4.74 Å². The highest BCUT2D eigenvalue weighted by atomic mass is 35.5.